The van der Waals surface area contributed by atoms with E-state index in [4.69, 9.17) is 10.2 Å². The number of nitrogens with two attached hydrogens (primary N) is 1. The molecule has 3 aromatic rings. The largest absolute Gasteiger partial charge is 0.444 e. The van der Waals surface area contributed by atoms with E-state index >= 15 is 0 Å². The first-order chi connectivity index (χ1) is 12.7. The average molecular weight is 351 g/mol. The molecule has 26 heavy (non-hydrogen) atoms. The number of hydrogen-bond donors (Lipinski definition) is 2. The van der Waals surface area contributed by atoms with Gasteiger partial charge in [0.25, 0.3) is 5.91 Å². The highest BCUT2D eigenvalue weighted by Gasteiger charge is 2.21. The molecule has 3 heterocycles. The fourth-order valence-electron chi connectivity index (χ4n) is 3.16. The lowest BCUT2D eigenvalue weighted by Gasteiger charge is -2.19. The van der Waals surface area contributed by atoms with Gasteiger partial charge in [0.1, 0.15) is 6.26 Å². The Morgan fingerprint density at radius 2 is 2.19 bits per heavy atom. The Hall–Kier alpha value is -2.93. The summed E-state index contributed by atoms with van der Waals surface area (Å²) in [5, 5.41) is 7.24. The molecule has 0 bridgehead atoms. The third-order valence-electron chi connectivity index (χ3n) is 4.55. The molecule has 4 rings (SSSR count). The summed E-state index contributed by atoms with van der Waals surface area (Å²) < 4.78 is 7.35. The molecule has 0 saturated carbocycles. The molecule has 1 atom stereocenters. The van der Waals surface area contributed by atoms with Crippen LogP contribution in [-0.2, 0) is 13.0 Å². The van der Waals surface area contributed by atoms with Crippen molar-refractivity contribution in [3.8, 4) is 11.5 Å². The Morgan fingerprint density at radius 1 is 1.35 bits per heavy atom. The van der Waals surface area contributed by atoms with Gasteiger partial charge in [-0.3, -0.25) is 9.48 Å². The molecule has 7 nitrogen and oxygen atoms in total. The zero-order valence-corrected chi connectivity index (χ0v) is 14.4. The molecule has 0 spiro atoms. The summed E-state index contributed by atoms with van der Waals surface area (Å²) in [7, 11) is 0. The maximum absolute atomic E-state index is 12.3. The van der Waals surface area contributed by atoms with Crippen molar-refractivity contribution in [3.63, 3.8) is 0 Å². The van der Waals surface area contributed by atoms with Gasteiger partial charge in [0.15, 0.2) is 5.69 Å². The van der Waals surface area contributed by atoms with Gasteiger partial charge in [0.05, 0.1) is 11.4 Å². The van der Waals surface area contributed by atoms with Crippen molar-refractivity contribution >= 4 is 5.91 Å². The lowest BCUT2D eigenvalue weighted by molar-refractivity contribution is 0.0948. The van der Waals surface area contributed by atoms with E-state index in [1.165, 1.54) is 0 Å². The van der Waals surface area contributed by atoms with Crippen molar-refractivity contribution in [1.29, 1.82) is 0 Å². The first-order valence-electron chi connectivity index (χ1n) is 8.82. The monoisotopic (exact) mass is 351 g/mol. The molecule has 2 aromatic heterocycles. The van der Waals surface area contributed by atoms with Crippen LogP contribution >= 0.6 is 0 Å². The van der Waals surface area contributed by atoms with E-state index in [0.29, 0.717) is 24.6 Å². The molecule has 134 valence electrons. The SMILES string of the molecule is NC1CCCn2nc(C(=O)NCCc3coc(-c4ccccc4)n3)cc21. The lowest BCUT2D eigenvalue weighted by atomic mass is 10.1. The summed E-state index contributed by atoms with van der Waals surface area (Å²) >= 11 is 0. The quantitative estimate of drug-likeness (QED) is 0.735. The van der Waals surface area contributed by atoms with E-state index < -0.39 is 0 Å². The molecule has 0 fully saturated rings. The topological polar surface area (TPSA) is 99.0 Å². The van der Waals surface area contributed by atoms with Gasteiger partial charge in [-0.2, -0.15) is 5.10 Å². The van der Waals surface area contributed by atoms with E-state index in [2.05, 4.69) is 15.4 Å². The van der Waals surface area contributed by atoms with Crippen LogP contribution in [0.1, 0.15) is 40.8 Å². The van der Waals surface area contributed by atoms with Gasteiger partial charge in [-0.25, -0.2) is 4.98 Å². The highest BCUT2D eigenvalue weighted by molar-refractivity contribution is 5.92. The molecule has 3 N–H and O–H groups in total. The minimum absolute atomic E-state index is 0.0377. The number of aromatic nitrogens is 3. The zero-order chi connectivity index (χ0) is 17.9. The number of hydrogen-bond acceptors (Lipinski definition) is 5. The van der Waals surface area contributed by atoms with Gasteiger partial charge in [0.2, 0.25) is 5.89 Å². The predicted molar refractivity (Wildman–Crippen MR) is 96.4 cm³/mol. The molecular formula is C19H21N5O2. The van der Waals surface area contributed by atoms with Crippen molar-refractivity contribution < 1.29 is 9.21 Å². The van der Waals surface area contributed by atoms with Crippen LogP contribution in [0.15, 0.2) is 47.1 Å². The Bertz CT molecular complexity index is 900. The number of nitrogens with zero attached hydrogens (tertiary/aromatic N) is 3. The van der Waals surface area contributed by atoms with Crippen LogP contribution in [0, 0.1) is 0 Å². The molecule has 0 aliphatic carbocycles. The van der Waals surface area contributed by atoms with Gasteiger partial charge >= 0.3 is 0 Å². The molecule has 1 aliphatic rings. The summed E-state index contributed by atoms with van der Waals surface area (Å²) in [5.74, 6) is 0.397. The summed E-state index contributed by atoms with van der Waals surface area (Å²) in [5.41, 5.74) is 9.16. The minimum Gasteiger partial charge on any atom is -0.444 e. The van der Waals surface area contributed by atoms with Crippen molar-refractivity contribution in [2.75, 3.05) is 6.54 Å². The van der Waals surface area contributed by atoms with Gasteiger partial charge in [-0.05, 0) is 31.0 Å². The number of fused-ring (bicyclic) bond motifs is 1. The second-order valence-electron chi connectivity index (χ2n) is 6.44. The smallest absolute Gasteiger partial charge is 0.271 e. The van der Waals surface area contributed by atoms with Gasteiger partial charge in [0, 0.05) is 31.1 Å². The second kappa shape index (κ2) is 7.13. The van der Waals surface area contributed by atoms with E-state index in [0.717, 1.165) is 36.3 Å². The summed E-state index contributed by atoms with van der Waals surface area (Å²) in [4.78, 5) is 16.8. The first kappa shape index (κ1) is 16.5. The Balaban J connectivity index is 1.34. The lowest BCUT2D eigenvalue weighted by Crippen LogP contribution is -2.26. The van der Waals surface area contributed by atoms with Crippen LogP contribution in [-0.4, -0.2) is 27.2 Å². The summed E-state index contributed by atoms with van der Waals surface area (Å²) in [6.45, 7) is 1.28. The average Bonchev–Trinajstić information content (AvgIpc) is 3.30. The van der Waals surface area contributed by atoms with Crippen molar-refractivity contribution in [3.05, 3.63) is 59.7 Å². The molecule has 1 aromatic carbocycles. The van der Waals surface area contributed by atoms with Crippen molar-refractivity contribution in [2.24, 2.45) is 5.73 Å². The second-order valence-corrected chi connectivity index (χ2v) is 6.44. The van der Waals surface area contributed by atoms with Crippen LogP contribution < -0.4 is 11.1 Å². The number of benzene rings is 1. The van der Waals surface area contributed by atoms with E-state index in [9.17, 15) is 4.79 Å². The number of oxazole rings is 1. The third-order valence-corrected chi connectivity index (χ3v) is 4.55. The number of rotatable bonds is 5. The highest BCUT2D eigenvalue weighted by Crippen LogP contribution is 2.23. The maximum Gasteiger partial charge on any atom is 0.271 e. The summed E-state index contributed by atoms with van der Waals surface area (Å²) in [6.07, 6.45) is 4.15. The Labute approximate surface area is 151 Å². The summed E-state index contributed by atoms with van der Waals surface area (Å²) in [6, 6.07) is 11.5. The number of carbonyl (C=O) groups is 1. The number of nitrogens with one attached hydrogen (secondary N) is 1. The van der Waals surface area contributed by atoms with Crippen molar-refractivity contribution in [1.82, 2.24) is 20.1 Å². The van der Waals surface area contributed by atoms with Gasteiger partial charge in [-0.1, -0.05) is 18.2 Å². The van der Waals surface area contributed by atoms with Crippen molar-refractivity contribution in [2.45, 2.75) is 31.8 Å². The highest BCUT2D eigenvalue weighted by atomic mass is 16.3. The van der Waals surface area contributed by atoms with Crippen LogP contribution in [0.3, 0.4) is 0 Å². The standard InChI is InChI=1S/C19H21N5O2/c20-15-7-4-10-24-17(15)11-16(23-24)18(25)21-9-8-14-12-26-19(22-14)13-5-2-1-3-6-13/h1-3,5-6,11-12,15H,4,7-10,20H2,(H,21,25). The van der Waals surface area contributed by atoms with Crippen LogP contribution in [0.4, 0.5) is 0 Å². The Kier molecular flexibility index (Phi) is 4.53. The van der Waals surface area contributed by atoms with Crippen LogP contribution in [0.2, 0.25) is 0 Å². The molecule has 7 heteroatoms. The Morgan fingerprint density at radius 3 is 3.00 bits per heavy atom. The first-order valence-corrected chi connectivity index (χ1v) is 8.82. The third kappa shape index (κ3) is 3.39. The van der Waals surface area contributed by atoms with Crippen LogP contribution in [0.25, 0.3) is 11.5 Å². The molecule has 1 aliphatic heterocycles. The fourth-order valence-corrected chi connectivity index (χ4v) is 3.16. The minimum atomic E-state index is -0.189. The molecule has 1 unspecified atom stereocenters. The molecule has 1 amide bonds. The van der Waals surface area contributed by atoms with Crippen LogP contribution in [0.5, 0.6) is 0 Å². The molecular weight excluding hydrogens is 330 g/mol. The number of carbonyl (C=O) groups excluding carboxylic acids is 1. The predicted octanol–water partition coefficient (Wildman–Crippen LogP) is 2.30. The normalized spacial score (nSPS) is 16.3. The maximum atomic E-state index is 12.3. The fraction of sp³-hybridized carbons (Fsp3) is 0.316. The van der Waals surface area contributed by atoms with Gasteiger partial charge in [-0.15, -0.1) is 0 Å². The zero-order valence-electron chi connectivity index (χ0n) is 14.4. The molecule has 0 radical (unpaired) electrons. The molecule has 0 saturated heterocycles. The van der Waals surface area contributed by atoms with E-state index in [1.54, 1.807) is 12.3 Å². The number of amides is 1. The van der Waals surface area contributed by atoms with Gasteiger partial charge < -0.3 is 15.5 Å². The van der Waals surface area contributed by atoms with E-state index in [-0.39, 0.29) is 11.9 Å². The van der Waals surface area contributed by atoms with E-state index in [1.807, 2.05) is 35.0 Å². The number of aryl methyl sites for hydroxylation is 1.